The number of hydrogen-bond acceptors (Lipinski definition) is 3. The Bertz CT molecular complexity index is 315. The van der Waals surface area contributed by atoms with Gasteiger partial charge in [-0.15, -0.1) is 0 Å². The van der Waals surface area contributed by atoms with Gasteiger partial charge in [-0.05, 0) is 24.1 Å². The van der Waals surface area contributed by atoms with Crippen LogP contribution in [0.2, 0.25) is 0 Å². The summed E-state index contributed by atoms with van der Waals surface area (Å²) < 4.78 is 10.6. The molecule has 0 saturated heterocycles. The highest BCUT2D eigenvalue weighted by molar-refractivity contribution is 5.30. The average Bonchev–Trinajstić information content (AvgIpc) is 2.35. The van der Waals surface area contributed by atoms with E-state index in [1.54, 1.807) is 14.2 Å². The van der Waals surface area contributed by atoms with Crippen molar-refractivity contribution in [3.8, 4) is 5.75 Å². The van der Waals surface area contributed by atoms with Crippen LogP contribution >= 0.6 is 0 Å². The summed E-state index contributed by atoms with van der Waals surface area (Å²) in [5, 5.41) is 0. The van der Waals surface area contributed by atoms with Gasteiger partial charge in [0.2, 0.25) is 0 Å². The number of methoxy groups -OCH3 is 2. The van der Waals surface area contributed by atoms with Crippen molar-refractivity contribution in [3.05, 3.63) is 29.8 Å². The maximum Gasteiger partial charge on any atom is 0.119 e. The molecule has 0 aromatic heterocycles. The fraction of sp³-hybridized carbons (Fsp3) is 0.538. The van der Waals surface area contributed by atoms with Gasteiger partial charge in [0.05, 0.1) is 19.3 Å². The summed E-state index contributed by atoms with van der Waals surface area (Å²) in [6.07, 6.45) is 2.10. The van der Waals surface area contributed by atoms with Gasteiger partial charge in [0, 0.05) is 7.11 Å². The van der Waals surface area contributed by atoms with Gasteiger partial charge in [-0.1, -0.05) is 25.5 Å². The van der Waals surface area contributed by atoms with E-state index < -0.39 is 0 Å². The van der Waals surface area contributed by atoms with Crippen molar-refractivity contribution in [1.29, 1.82) is 0 Å². The summed E-state index contributed by atoms with van der Waals surface area (Å²) >= 11 is 0. The molecule has 0 amide bonds. The molecule has 0 aliphatic heterocycles. The summed E-state index contributed by atoms with van der Waals surface area (Å²) in [7, 11) is 3.37. The molecule has 0 aliphatic carbocycles. The predicted molar refractivity (Wildman–Crippen MR) is 65.6 cm³/mol. The second-order valence-corrected chi connectivity index (χ2v) is 3.87. The Labute approximate surface area is 97.6 Å². The van der Waals surface area contributed by atoms with Crippen molar-refractivity contribution >= 4 is 0 Å². The lowest BCUT2D eigenvalue weighted by Gasteiger charge is -2.22. The smallest absolute Gasteiger partial charge is 0.119 e. The zero-order chi connectivity index (χ0) is 12.0. The van der Waals surface area contributed by atoms with Crippen molar-refractivity contribution in [1.82, 2.24) is 0 Å². The van der Waals surface area contributed by atoms with Crippen LogP contribution in [0.1, 0.15) is 31.4 Å². The van der Waals surface area contributed by atoms with Crippen LogP contribution in [0.25, 0.3) is 0 Å². The largest absolute Gasteiger partial charge is 0.497 e. The molecule has 0 radical (unpaired) electrons. The van der Waals surface area contributed by atoms with Crippen LogP contribution in [0.15, 0.2) is 24.3 Å². The Hall–Kier alpha value is -1.06. The molecule has 16 heavy (non-hydrogen) atoms. The van der Waals surface area contributed by atoms with Gasteiger partial charge in [0.25, 0.3) is 0 Å². The Balaban J connectivity index is 2.80. The minimum atomic E-state index is -0.0972. The van der Waals surface area contributed by atoms with Crippen molar-refractivity contribution in [2.45, 2.75) is 31.9 Å². The molecule has 1 rings (SSSR count). The normalized spacial score (nSPS) is 14.5. The molecule has 0 fully saturated rings. The van der Waals surface area contributed by atoms with Crippen molar-refractivity contribution in [3.63, 3.8) is 0 Å². The Morgan fingerprint density at radius 1 is 1.31 bits per heavy atom. The minimum absolute atomic E-state index is 0.0668. The molecule has 1 aromatic carbocycles. The van der Waals surface area contributed by atoms with Crippen molar-refractivity contribution < 1.29 is 9.47 Å². The fourth-order valence-electron chi connectivity index (χ4n) is 1.79. The monoisotopic (exact) mass is 223 g/mol. The van der Waals surface area contributed by atoms with E-state index in [9.17, 15) is 0 Å². The first-order chi connectivity index (χ1) is 7.72. The van der Waals surface area contributed by atoms with Crippen LogP contribution in [-0.2, 0) is 4.74 Å². The van der Waals surface area contributed by atoms with Gasteiger partial charge in [-0.3, -0.25) is 0 Å². The zero-order valence-electron chi connectivity index (χ0n) is 10.3. The second-order valence-electron chi connectivity index (χ2n) is 3.87. The van der Waals surface area contributed by atoms with E-state index in [2.05, 4.69) is 6.92 Å². The third-order valence-corrected chi connectivity index (χ3v) is 2.76. The molecule has 2 N–H and O–H groups in total. The first-order valence-electron chi connectivity index (χ1n) is 5.65. The third-order valence-electron chi connectivity index (χ3n) is 2.76. The molecular weight excluding hydrogens is 202 g/mol. The molecule has 3 nitrogen and oxygen atoms in total. The van der Waals surface area contributed by atoms with E-state index in [1.165, 1.54) is 0 Å². The number of benzene rings is 1. The van der Waals surface area contributed by atoms with Gasteiger partial charge in [0.15, 0.2) is 0 Å². The Kier molecular flexibility index (Phi) is 5.29. The van der Waals surface area contributed by atoms with Crippen LogP contribution < -0.4 is 10.5 Å². The molecular formula is C13H21NO2. The summed E-state index contributed by atoms with van der Waals surface area (Å²) in [4.78, 5) is 0. The van der Waals surface area contributed by atoms with Crippen molar-refractivity contribution in [2.24, 2.45) is 5.73 Å². The minimum Gasteiger partial charge on any atom is -0.497 e. The SMILES string of the molecule is CCCC(OC)C(N)c1cccc(OC)c1. The second kappa shape index (κ2) is 6.51. The summed E-state index contributed by atoms with van der Waals surface area (Å²) in [6.45, 7) is 2.13. The highest BCUT2D eigenvalue weighted by Gasteiger charge is 2.18. The molecule has 0 spiro atoms. The number of nitrogens with two attached hydrogens (primary N) is 1. The third kappa shape index (κ3) is 3.22. The fourth-order valence-corrected chi connectivity index (χ4v) is 1.79. The average molecular weight is 223 g/mol. The Morgan fingerprint density at radius 2 is 2.06 bits per heavy atom. The summed E-state index contributed by atoms with van der Waals surface area (Å²) in [5.74, 6) is 0.833. The molecule has 0 heterocycles. The first-order valence-corrected chi connectivity index (χ1v) is 5.65. The van der Waals surface area contributed by atoms with Gasteiger partial charge < -0.3 is 15.2 Å². The maximum atomic E-state index is 6.18. The molecule has 2 atom stereocenters. The van der Waals surface area contributed by atoms with Crippen LogP contribution in [0.3, 0.4) is 0 Å². The molecule has 0 bridgehead atoms. The van der Waals surface area contributed by atoms with E-state index in [-0.39, 0.29) is 12.1 Å². The molecule has 0 saturated carbocycles. The Morgan fingerprint density at radius 3 is 2.62 bits per heavy atom. The maximum absolute atomic E-state index is 6.18. The number of rotatable bonds is 6. The van der Waals surface area contributed by atoms with Gasteiger partial charge in [-0.25, -0.2) is 0 Å². The van der Waals surface area contributed by atoms with Crippen LogP contribution in [-0.4, -0.2) is 20.3 Å². The lowest BCUT2D eigenvalue weighted by molar-refractivity contribution is 0.0724. The van der Waals surface area contributed by atoms with E-state index in [0.717, 1.165) is 24.2 Å². The highest BCUT2D eigenvalue weighted by atomic mass is 16.5. The predicted octanol–water partition coefficient (Wildman–Crippen LogP) is 2.51. The standard InChI is InChI=1S/C13H21NO2/c1-4-6-12(16-3)13(14)10-7-5-8-11(9-10)15-2/h5,7-9,12-13H,4,6,14H2,1-3H3. The quantitative estimate of drug-likeness (QED) is 0.806. The first kappa shape index (κ1) is 13.0. The van der Waals surface area contributed by atoms with E-state index in [4.69, 9.17) is 15.2 Å². The lowest BCUT2D eigenvalue weighted by atomic mass is 9.99. The number of hydrogen-bond donors (Lipinski definition) is 1. The molecule has 90 valence electrons. The topological polar surface area (TPSA) is 44.5 Å². The van der Waals surface area contributed by atoms with E-state index >= 15 is 0 Å². The van der Waals surface area contributed by atoms with Gasteiger partial charge >= 0.3 is 0 Å². The molecule has 0 aliphatic rings. The lowest BCUT2D eigenvalue weighted by Crippen LogP contribution is -2.27. The zero-order valence-corrected chi connectivity index (χ0v) is 10.3. The van der Waals surface area contributed by atoms with E-state index in [0.29, 0.717) is 0 Å². The van der Waals surface area contributed by atoms with Gasteiger partial charge in [-0.2, -0.15) is 0 Å². The van der Waals surface area contributed by atoms with Crippen LogP contribution in [0, 0.1) is 0 Å². The summed E-state index contributed by atoms with van der Waals surface area (Å²) in [5.41, 5.74) is 7.23. The van der Waals surface area contributed by atoms with Gasteiger partial charge in [0.1, 0.15) is 5.75 Å². The van der Waals surface area contributed by atoms with E-state index in [1.807, 2.05) is 24.3 Å². The molecule has 2 unspecified atom stereocenters. The van der Waals surface area contributed by atoms with Crippen molar-refractivity contribution in [2.75, 3.05) is 14.2 Å². The highest BCUT2D eigenvalue weighted by Crippen LogP contribution is 2.23. The van der Waals surface area contributed by atoms with Crippen LogP contribution in [0.4, 0.5) is 0 Å². The number of ether oxygens (including phenoxy) is 2. The van der Waals surface area contributed by atoms with Crippen LogP contribution in [0.5, 0.6) is 5.75 Å². The molecule has 1 aromatic rings. The summed E-state index contributed by atoms with van der Waals surface area (Å²) in [6, 6.07) is 7.74. The molecule has 3 heteroatoms.